The second-order valence-electron chi connectivity index (χ2n) is 5.50. The van der Waals surface area contributed by atoms with Crippen molar-refractivity contribution >= 4 is 17.7 Å². The highest BCUT2D eigenvalue weighted by molar-refractivity contribution is 5.52. The van der Waals surface area contributed by atoms with Gasteiger partial charge in [-0.05, 0) is 24.8 Å². The highest BCUT2D eigenvalue weighted by atomic mass is 15.2. The summed E-state index contributed by atoms with van der Waals surface area (Å²) >= 11 is 0. The van der Waals surface area contributed by atoms with Gasteiger partial charge in [-0.15, -0.1) is 0 Å². The number of hydrogen-bond acceptors (Lipinski definition) is 4. The van der Waals surface area contributed by atoms with E-state index in [1.165, 1.54) is 24.8 Å². The Morgan fingerprint density at radius 3 is 2.68 bits per heavy atom. The average Bonchev–Trinajstić information content (AvgIpc) is 2.61. The van der Waals surface area contributed by atoms with Crippen LogP contribution in [-0.2, 0) is 0 Å². The Labute approximate surface area is 131 Å². The Morgan fingerprint density at radius 1 is 1.05 bits per heavy atom. The first-order valence-electron chi connectivity index (χ1n) is 7.94. The zero-order valence-electron chi connectivity index (χ0n) is 12.8. The van der Waals surface area contributed by atoms with Crippen molar-refractivity contribution in [2.24, 2.45) is 0 Å². The predicted octanol–water partition coefficient (Wildman–Crippen LogP) is 3.59. The van der Waals surface area contributed by atoms with Crippen molar-refractivity contribution in [3.63, 3.8) is 0 Å². The number of nitrogens with one attached hydrogen (secondary N) is 1. The van der Waals surface area contributed by atoms with Gasteiger partial charge >= 0.3 is 0 Å². The van der Waals surface area contributed by atoms with E-state index in [-0.39, 0.29) is 0 Å². The van der Waals surface area contributed by atoms with E-state index in [1.54, 1.807) is 6.33 Å². The van der Waals surface area contributed by atoms with Crippen LogP contribution >= 0.6 is 0 Å². The van der Waals surface area contributed by atoms with Gasteiger partial charge in [-0.2, -0.15) is 0 Å². The second kappa shape index (κ2) is 7.59. The average molecular weight is 294 g/mol. The Kier molecular flexibility index (Phi) is 5.03. The lowest BCUT2D eigenvalue weighted by molar-refractivity contribution is 0.573. The monoisotopic (exact) mass is 294 g/mol. The Balaban J connectivity index is 1.55. The van der Waals surface area contributed by atoms with Crippen LogP contribution in [0.3, 0.4) is 0 Å². The molecule has 1 aliphatic rings. The second-order valence-corrected chi connectivity index (χ2v) is 5.50. The highest BCUT2D eigenvalue weighted by Gasteiger charge is 2.12. The molecule has 2 aromatic rings. The quantitative estimate of drug-likeness (QED) is 0.915. The summed E-state index contributed by atoms with van der Waals surface area (Å²) in [5, 5.41) is 3.33. The van der Waals surface area contributed by atoms with Crippen LogP contribution in [0.2, 0.25) is 0 Å². The zero-order valence-corrected chi connectivity index (χ0v) is 12.8. The molecule has 3 rings (SSSR count). The molecule has 0 saturated carbocycles. The molecule has 1 saturated heterocycles. The summed E-state index contributed by atoms with van der Waals surface area (Å²) in [6, 6.07) is 12.3. The zero-order chi connectivity index (χ0) is 15.0. The van der Waals surface area contributed by atoms with E-state index < -0.39 is 0 Å². The van der Waals surface area contributed by atoms with Crippen LogP contribution in [0.1, 0.15) is 24.8 Å². The molecule has 4 nitrogen and oxygen atoms in total. The molecule has 1 N–H and O–H groups in total. The lowest BCUT2D eigenvalue weighted by Crippen LogP contribution is -2.30. The Morgan fingerprint density at radius 2 is 1.86 bits per heavy atom. The van der Waals surface area contributed by atoms with Crippen molar-refractivity contribution in [1.29, 1.82) is 0 Å². The van der Waals surface area contributed by atoms with Crippen LogP contribution in [0.4, 0.5) is 11.6 Å². The van der Waals surface area contributed by atoms with E-state index in [1.807, 2.05) is 24.3 Å². The molecule has 2 heterocycles. The van der Waals surface area contributed by atoms with Gasteiger partial charge < -0.3 is 10.2 Å². The predicted molar refractivity (Wildman–Crippen MR) is 92.1 cm³/mol. The summed E-state index contributed by atoms with van der Waals surface area (Å²) in [6.07, 6.45) is 9.71. The van der Waals surface area contributed by atoms with E-state index in [0.29, 0.717) is 0 Å². The van der Waals surface area contributed by atoms with Crippen molar-refractivity contribution in [3.05, 3.63) is 54.4 Å². The number of benzene rings is 1. The van der Waals surface area contributed by atoms with Gasteiger partial charge in [-0.3, -0.25) is 0 Å². The maximum absolute atomic E-state index is 4.40. The molecule has 4 heteroatoms. The minimum atomic E-state index is 0.755. The molecule has 0 radical (unpaired) electrons. The van der Waals surface area contributed by atoms with Crippen LogP contribution < -0.4 is 10.2 Å². The number of piperidine rings is 1. The van der Waals surface area contributed by atoms with Crippen LogP contribution in [0, 0.1) is 0 Å². The van der Waals surface area contributed by atoms with E-state index in [9.17, 15) is 0 Å². The first kappa shape index (κ1) is 14.6. The third-order valence-electron chi connectivity index (χ3n) is 3.84. The van der Waals surface area contributed by atoms with Gasteiger partial charge in [0.2, 0.25) is 0 Å². The largest absolute Gasteiger partial charge is 0.366 e. The molecule has 22 heavy (non-hydrogen) atoms. The molecule has 1 aliphatic heterocycles. The molecule has 0 bridgehead atoms. The molecule has 0 unspecified atom stereocenters. The van der Waals surface area contributed by atoms with Gasteiger partial charge in [-0.25, -0.2) is 9.97 Å². The minimum Gasteiger partial charge on any atom is -0.366 e. The van der Waals surface area contributed by atoms with Gasteiger partial charge in [0.25, 0.3) is 0 Å². The number of aromatic nitrogens is 2. The lowest BCUT2D eigenvalue weighted by atomic mass is 10.1. The van der Waals surface area contributed by atoms with E-state index in [4.69, 9.17) is 0 Å². The number of hydrogen-bond donors (Lipinski definition) is 1. The molecule has 0 aliphatic carbocycles. The van der Waals surface area contributed by atoms with Crippen molar-refractivity contribution in [3.8, 4) is 0 Å². The summed E-state index contributed by atoms with van der Waals surface area (Å²) in [4.78, 5) is 11.0. The topological polar surface area (TPSA) is 41.0 Å². The number of anilines is 2. The van der Waals surface area contributed by atoms with Crippen LogP contribution in [0.15, 0.2) is 48.8 Å². The van der Waals surface area contributed by atoms with Gasteiger partial charge in [-0.1, -0.05) is 42.5 Å². The fourth-order valence-corrected chi connectivity index (χ4v) is 2.66. The first-order chi connectivity index (χ1) is 10.9. The molecule has 1 aromatic heterocycles. The maximum Gasteiger partial charge on any atom is 0.134 e. The number of rotatable bonds is 5. The van der Waals surface area contributed by atoms with Crippen molar-refractivity contribution in [2.75, 3.05) is 29.9 Å². The molecule has 114 valence electrons. The first-order valence-corrected chi connectivity index (χ1v) is 7.94. The summed E-state index contributed by atoms with van der Waals surface area (Å²) < 4.78 is 0. The fourth-order valence-electron chi connectivity index (χ4n) is 2.66. The molecule has 1 aromatic carbocycles. The summed E-state index contributed by atoms with van der Waals surface area (Å²) in [5.74, 6) is 1.91. The van der Waals surface area contributed by atoms with Crippen molar-refractivity contribution in [1.82, 2.24) is 9.97 Å². The SMILES string of the molecule is C(=C\c1ccccc1)/CNc1cc(N2CCCCC2)ncn1. The summed E-state index contributed by atoms with van der Waals surface area (Å²) in [7, 11) is 0. The van der Waals surface area contributed by atoms with Gasteiger partial charge in [0.15, 0.2) is 0 Å². The van der Waals surface area contributed by atoms with Gasteiger partial charge in [0, 0.05) is 25.7 Å². The van der Waals surface area contributed by atoms with Crippen molar-refractivity contribution < 1.29 is 0 Å². The lowest BCUT2D eigenvalue weighted by Gasteiger charge is -2.27. The molecule has 1 fully saturated rings. The van der Waals surface area contributed by atoms with E-state index in [2.05, 4.69) is 44.5 Å². The summed E-state index contributed by atoms with van der Waals surface area (Å²) in [5.41, 5.74) is 1.21. The molecule has 0 atom stereocenters. The van der Waals surface area contributed by atoms with Gasteiger partial charge in [0.05, 0.1) is 0 Å². The van der Waals surface area contributed by atoms with Crippen LogP contribution in [0.25, 0.3) is 6.08 Å². The number of nitrogens with zero attached hydrogens (tertiary/aromatic N) is 3. The molecular formula is C18H22N4. The Hall–Kier alpha value is -2.36. The minimum absolute atomic E-state index is 0.755. The van der Waals surface area contributed by atoms with E-state index >= 15 is 0 Å². The molecule has 0 amide bonds. The maximum atomic E-state index is 4.40. The standard InChI is InChI=1S/C18H22N4/c1-3-8-16(9-4-1)10-7-11-19-17-14-18(21-15-20-17)22-12-5-2-6-13-22/h1,3-4,7-10,14-15H,2,5-6,11-13H2,(H,19,20,21)/b10-7+. The highest BCUT2D eigenvalue weighted by Crippen LogP contribution is 2.18. The van der Waals surface area contributed by atoms with Crippen molar-refractivity contribution in [2.45, 2.75) is 19.3 Å². The Bertz CT molecular complexity index is 603. The van der Waals surface area contributed by atoms with Crippen LogP contribution in [-0.4, -0.2) is 29.6 Å². The fraction of sp³-hybridized carbons (Fsp3) is 0.333. The normalized spacial score (nSPS) is 15.2. The smallest absolute Gasteiger partial charge is 0.134 e. The van der Waals surface area contributed by atoms with Crippen LogP contribution in [0.5, 0.6) is 0 Å². The summed E-state index contributed by atoms with van der Waals surface area (Å²) in [6.45, 7) is 2.96. The molecule has 0 spiro atoms. The van der Waals surface area contributed by atoms with E-state index in [0.717, 1.165) is 31.3 Å². The third-order valence-corrected chi connectivity index (χ3v) is 3.84. The molecular weight excluding hydrogens is 272 g/mol. The third kappa shape index (κ3) is 4.07. The van der Waals surface area contributed by atoms with Gasteiger partial charge in [0.1, 0.15) is 18.0 Å².